The first-order valence-electron chi connectivity index (χ1n) is 7.90. The Morgan fingerprint density at radius 3 is 2.35 bits per heavy atom. The minimum absolute atomic E-state index is 0.0595. The van der Waals surface area contributed by atoms with Crippen molar-refractivity contribution >= 4 is 11.6 Å². The number of carbonyl (C=O) groups is 1. The van der Waals surface area contributed by atoms with Crippen LogP contribution in [0.15, 0.2) is 54.6 Å². The molecule has 0 aromatic heterocycles. The van der Waals surface area contributed by atoms with Gasteiger partial charge in [0.1, 0.15) is 5.75 Å². The summed E-state index contributed by atoms with van der Waals surface area (Å²) < 4.78 is 5.71. The van der Waals surface area contributed by atoms with Gasteiger partial charge in [0.15, 0.2) is 0 Å². The number of nitrogens with one attached hydrogen (secondary N) is 2. The molecule has 0 aliphatic carbocycles. The van der Waals surface area contributed by atoms with Gasteiger partial charge in [-0.05, 0) is 38.5 Å². The maximum absolute atomic E-state index is 12.2. The number of rotatable bonds is 7. The van der Waals surface area contributed by atoms with E-state index in [0.29, 0.717) is 11.4 Å². The molecule has 0 aliphatic rings. The van der Waals surface area contributed by atoms with Gasteiger partial charge in [-0.15, -0.1) is 0 Å². The van der Waals surface area contributed by atoms with Crippen molar-refractivity contribution in [1.82, 2.24) is 5.32 Å². The fraction of sp³-hybridized carbons (Fsp3) is 0.316. The van der Waals surface area contributed by atoms with Crippen molar-refractivity contribution in [3.8, 4) is 5.75 Å². The molecule has 0 heterocycles. The first-order valence-corrected chi connectivity index (χ1v) is 7.90. The van der Waals surface area contributed by atoms with Crippen molar-refractivity contribution in [3.05, 3.63) is 60.2 Å². The van der Waals surface area contributed by atoms with E-state index in [9.17, 15) is 4.79 Å². The van der Waals surface area contributed by atoms with Crippen LogP contribution in [0.4, 0.5) is 5.69 Å². The van der Waals surface area contributed by atoms with Crippen LogP contribution in [-0.4, -0.2) is 18.6 Å². The second kappa shape index (κ2) is 8.34. The van der Waals surface area contributed by atoms with Gasteiger partial charge < -0.3 is 15.4 Å². The molecule has 0 saturated carbocycles. The van der Waals surface area contributed by atoms with Crippen LogP contribution in [0.3, 0.4) is 0 Å². The fourth-order valence-electron chi connectivity index (χ4n) is 2.23. The summed E-state index contributed by atoms with van der Waals surface area (Å²) >= 11 is 0. The smallest absolute Gasteiger partial charge is 0.238 e. The summed E-state index contributed by atoms with van der Waals surface area (Å²) in [6.07, 6.45) is 0.0595. The Bertz CT molecular complexity index is 626. The highest BCUT2D eigenvalue weighted by Gasteiger charge is 2.10. The molecular formula is C19H24N2O2. The van der Waals surface area contributed by atoms with Gasteiger partial charge in [-0.1, -0.05) is 42.5 Å². The van der Waals surface area contributed by atoms with Crippen LogP contribution in [0.2, 0.25) is 0 Å². The van der Waals surface area contributed by atoms with Crippen molar-refractivity contribution in [1.29, 1.82) is 0 Å². The first kappa shape index (κ1) is 17.0. The van der Waals surface area contributed by atoms with Crippen molar-refractivity contribution in [2.24, 2.45) is 0 Å². The van der Waals surface area contributed by atoms with Gasteiger partial charge in [0.25, 0.3) is 0 Å². The van der Waals surface area contributed by atoms with Crippen molar-refractivity contribution in [2.45, 2.75) is 32.9 Å². The number of para-hydroxylation sites is 2. The van der Waals surface area contributed by atoms with E-state index in [1.165, 1.54) is 0 Å². The number of ether oxygens (including phenoxy) is 1. The van der Waals surface area contributed by atoms with E-state index in [2.05, 4.69) is 10.6 Å². The van der Waals surface area contributed by atoms with Crippen molar-refractivity contribution < 1.29 is 9.53 Å². The second-order valence-corrected chi connectivity index (χ2v) is 5.72. The molecule has 2 aromatic carbocycles. The lowest BCUT2D eigenvalue weighted by molar-refractivity contribution is -0.115. The lowest BCUT2D eigenvalue weighted by Gasteiger charge is -2.16. The highest BCUT2D eigenvalue weighted by Crippen LogP contribution is 2.24. The van der Waals surface area contributed by atoms with E-state index in [1.54, 1.807) is 0 Å². The Hall–Kier alpha value is -2.33. The highest BCUT2D eigenvalue weighted by atomic mass is 16.5. The molecule has 1 atom stereocenters. The molecule has 23 heavy (non-hydrogen) atoms. The van der Waals surface area contributed by atoms with Gasteiger partial charge in [-0.3, -0.25) is 4.79 Å². The maximum Gasteiger partial charge on any atom is 0.238 e. The third-order valence-electron chi connectivity index (χ3n) is 3.39. The third kappa shape index (κ3) is 5.42. The Labute approximate surface area is 137 Å². The van der Waals surface area contributed by atoms with Crippen LogP contribution >= 0.6 is 0 Å². The zero-order chi connectivity index (χ0) is 16.7. The number of benzene rings is 2. The highest BCUT2D eigenvalue weighted by molar-refractivity contribution is 5.93. The molecule has 4 heteroatoms. The van der Waals surface area contributed by atoms with Gasteiger partial charge in [0.2, 0.25) is 5.91 Å². The molecule has 122 valence electrons. The molecule has 2 N–H and O–H groups in total. The number of carbonyl (C=O) groups excluding carboxylic acids is 1. The Kier molecular flexibility index (Phi) is 6.18. The Balaban J connectivity index is 1.90. The first-order chi connectivity index (χ1) is 11.1. The molecule has 2 aromatic rings. The van der Waals surface area contributed by atoms with Crippen LogP contribution in [0, 0.1) is 0 Å². The molecule has 0 spiro atoms. The van der Waals surface area contributed by atoms with Crippen LogP contribution in [-0.2, 0) is 4.79 Å². The fourth-order valence-corrected chi connectivity index (χ4v) is 2.23. The molecule has 4 nitrogen and oxygen atoms in total. The van der Waals surface area contributed by atoms with Crippen LogP contribution < -0.4 is 15.4 Å². The SMILES string of the molecule is CC(C)Oc1ccccc1NC(=O)CNC(C)c1ccccc1. The van der Waals surface area contributed by atoms with Gasteiger partial charge in [0, 0.05) is 6.04 Å². The number of hydrogen-bond acceptors (Lipinski definition) is 3. The van der Waals surface area contributed by atoms with E-state index in [1.807, 2.05) is 75.4 Å². The van der Waals surface area contributed by atoms with E-state index in [0.717, 1.165) is 5.56 Å². The molecule has 0 bridgehead atoms. The summed E-state index contributed by atoms with van der Waals surface area (Å²) in [6, 6.07) is 17.6. The molecule has 0 fully saturated rings. The van der Waals surface area contributed by atoms with Crippen molar-refractivity contribution in [3.63, 3.8) is 0 Å². The molecular weight excluding hydrogens is 288 g/mol. The summed E-state index contributed by atoms with van der Waals surface area (Å²) in [5.41, 5.74) is 1.85. The van der Waals surface area contributed by atoms with Crippen molar-refractivity contribution in [2.75, 3.05) is 11.9 Å². The zero-order valence-corrected chi connectivity index (χ0v) is 13.9. The lowest BCUT2D eigenvalue weighted by atomic mass is 10.1. The molecule has 0 aliphatic heterocycles. The predicted octanol–water partition coefficient (Wildman–Crippen LogP) is 3.76. The Morgan fingerprint density at radius 2 is 1.65 bits per heavy atom. The molecule has 1 unspecified atom stereocenters. The molecule has 1 amide bonds. The number of anilines is 1. The average Bonchev–Trinajstić information content (AvgIpc) is 2.55. The summed E-state index contributed by atoms with van der Waals surface area (Å²) in [4.78, 5) is 12.2. The Morgan fingerprint density at radius 1 is 1.00 bits per heavy atom. The molecule has 2 rings (SSSR count). The lowest BCUT2D eigenvalue weighted by Crippen LogP contribution is -2.30. The van der Waals surface area contributed by atoms with E-state index >= 15 is 0 Å². The summed E-state index contributed by atoms with van der Waals surface area (Å²) in [5, 5.41) is 6.12. The minimum Gasteiger partial charge on any atom is -0.489 e. The zero-order valence-electron chi connectivity index (χ0n) is 13.9. The van der Waals surface area contributed by atoms with Crippen LogP contribution in [0.5, 0.6) is 5.75 Å². The van der Waals surface area contributed by atoms with E-state index in [-0.39, 0.29) is 24.6 Å². The molecule has 0 radical (unpaired) electrons. The second-order valence-electron chi connectivity index (χ2n) is 5.72. The maximum atomic E-state index is 12.2. The molecule has 0 saturated heterocycles. The monoisotopic (exact) mass is 312 g/mol. The quantitative estimate of drug-likeness (QED) is 0.818. The number of hydrogen-bond donors (Lipinski definition) is 2. The minimum atomic E-state index is -0.0902. The van der Waals surface area contributed by atoms with Crippen LogP contribution in [0.25, 0.3) is 0 Å². The largest absolute Gasteiger partial charge is 0.489 e. The summed E-state index contributed by atoms with van der Waals surface area (Å²) in [6.45, 7) is 6.20. The third-order valence-corrected chi connectivity index (χ3v) is 3.39. The van der Waals surface area contributed by atoms with E-state index in [4.69, 9.17) is 4.74 Å². The van der Waals surface area contributed by atoms with E-state index < -0.39 is 0 Å². The summed E-state index contributed by atoms with van der Waals surface area (Å²) in [7, 11) is 0. The van der Waals surface area contributed by atoms with Crippen LogP contribution in [0.1, 0.15) is 32.4 Å². The van der Waals surface area contributed by atoms with Gasteiger partial charge in [-0.2, -0.15) is 0 Å². The topological polar surface area (TPSA) is 50.4 Å². The standard InChI is InChI=1S/C19H24N2O2/c1-14(2)23-18-12-8-7-11-17(18)21-19(22)13-20-15(3)16-9-5-4-6-10-16/h4-12,14-15,20H,13H2,1-3H3,(H,21,22). The summed E-state index contributed by atoms with van der Waals surface area (Å²) in [5.74, 6) is 0.597. The normalized spacial score (nSPS) is 12.0. The van der Waals surface area contributed by atoms with Gasteiger partial charge in [0.05, 0.1) is 18.3 Å². The predicted molar refractivity (Wildman–Crippen MR) is 93.7 cm³/mol. The average molecular weight is 312 g/mol. The number of amides is 1. The van der Waals surface area contributed by atoms with Gasteiger partial charge >= 0.3 is 0 Å². The van der Waals surface area contributed by atoms with Gasteiger partial charge in [-0.25, -0.2) is 0 Å².